The van der Waals surface area contributed by atoms with Crippen molar-refractivity contribution in [3.8, 4) is 5.75 Å². The van der Waals surface area contributed by atoms with E-state index in [4.69, 9.17) is 9.47 Å². The second-order valence-electron chi connectivity index (χ2n) is 13.1. The third kappa shape index (κ3) is 7.53. The standard InChI is InChI=1S/C36H45N5O3/c1-7-41-22-30(38-39-41)17-18-31(36(5,6)34(42)43-24-27-12-9-8-10-13-27)28-16-15-26(2)29(20-28)21-40-23-32-33(14-11-19-37-32)44-35(3,4)25-40/h8-16,19-20,22,31H,7,17-18,21,23-25H2,1-6H3. The van der Waals surface area contributed by atoms with Gasteiger partial charge in [-0.3, -0.25) is 19.4 Å². The van der Waals surface area contributed by atoms with Gasteiger partial charge in [0.25, 0.3) is 0 Å². The quantitative estimate of drug-likeness (QED) is 0.179. The lowest BCUT2D eigenvalue weighted by Gasteiger charge is -2.34. The molecular formula is C36H45N5O3. The average Bonchev–Trinajstić information content (AvgIpc) is 3.41. The summed E-state index contributed by atoms with van der Waals surface area (Å²) in [6.07, 6.45) is 5.27. The fraction of sp³-hybridized carbons (Fsp3) is 0.444. The highest BCUT2D eigenvalue weighted by molar-refractivity contribution is 5.77. The molecule has 0 aliphatic carbocycles. The van der Waals surface area contributed by atoms with Crippen LogP contribution < -0.4 is 4.74 Å². The van der Waals surface area contributed by atoms with E-state index < -0.39 is 5.41 Å². The predicted molar refractivity (Wildman–Crippen MR) is 171 cm³/mol. The van der Waals surface area contributed by atoms with Gasteiger partial charge in [-0.05, 0) is 94.7 Å². The monoisotopic (exact) mass is 595 g/mol. The van der Waals surface area contributed by atoms with E-state index in [9.17, 15) is 4.79 Å². The maximum Gasteiger partial charge on any atom is 0.312 e. The average molecular weight is 596 g/mol. The highest BCUT2D eigenvalue weighted by Crippen LogP contribution is 2.41. The number of hydrogen-bond donors (Lipinski definition) is 0. The Morgan fingerprint density at radius 2 is 1.91 bits per heavy atom. The lowest BCUT2D eigenvalue weighted by molar-refractivity contribution is -0.157. The zero-order valence-corrected chi connectivity index (χ0v) is 26.9. The van der Waals surface area contributed by atoms with Gasteiger partial charge in [-0.25, -0.2) is 0 Å². The van der Waals surface area contributed by atoms with E-state index in [0.717, 1.165) is 54.3 Å². The number of pyridine rings is 1. The smallest absolute Gasteiger partial charge is 0.312 e. The largest absolute Gasteiger partial charge is 0.485 e. The Labute approximate surface area is 261 Å². The molecule has 3 heterocycles. The van der Waals surface area contributed by atoms with E-state index in [1.807, 2.05) is 80.3 Å². The molecule has 8 nitrogen and oxygen atoms in total. The van der Waals surface area contributed by atoms with Crippen LogP contribution in [0.5, 0.6) is 5.75 Å². The van der Waals surface area contributed by atoms with E-state index in [-0.39, 0.29) is 24.1 Å². The van der Waals surface area contributed by atoms with Gasteiger partial charge in [-0.2, -0.15) is 0 Å². The van der Waals surface area contributed by atoms with Crippen LogP contribution in [0.3, 0.4) is 0 Å². The Bertz CT molecular complexity index is 1560. The summed E-state index contributed by atoms with van der Waals surface area (Å²) in [7, 11) is 0. The summed E-state index contributed by atoms with van der Waals surface area (Å²) in [5.41, 5.74) is 5.29. The SMILES string of the molecule is CCn1cc(CCC(c2ccc(C)c(CN3Cc4ncccc4OC(C)(C)C3)c2)C(C)(C)C(=O)OCc2ccccc2)nn1. The van der Waals surface area contributed by atoms with Gasteiger partial charge in [0, 0.05) is 38.6 Å². The third-order valence-electron chi connectivity index (χ3n) is 8.59. The van der Waals surface area contributed by atoms with Crippen LogP contribution in [0.2, 0.25) is 0 Å². The Morgan fingerprint density at radius 1 is 1.11 bits per heavy atom. The van der Waals surface area contributed by atoms with Crippen molar-refractivity contribution >= 4 is 5.97 Å². The molecule has 0 bridgehead atoms. The molecule has 0 radical (unpaired) electrons. The number of carbonyl (C=O) groups is 1. The summed E-state index contributed by atoms with van der Waals surface area (Å²) in [5, 5.41) is 8.60. The molecule has 5 rings (SSSR count). The van der Waals surface area contributed by atoms with E-state index in [1.165, 1.54) is 11.1 Å². The third-order valence-corrected chi connectivity index (χ3v) is 8.59. The summed E-state index contributed by atoms with van der Waals surface area (Å²) in [6, 6.07) is 20.4. The Morgan fingerprint density at radius 3 is 2.66 bits per heavy atom. The zero-order valence-electron chi connectivity index (χ0n) is 26.9. The normalized spacial score (nSPS) is 15.6. The van der Waals surface area contributed by atoms with Crippen molar-refractivity contribution in [2.75, 3.05) is 6.54 Å². The molecule has 0 saturated heterocycles. The molecule has 4 aromatic rings. The van der Waals surface area contributed by atoms with Gasteiger partial charge in [-0.1, -0.05) is 53.7 Å². The van der Waals surface area contributed by atoms with Crippen LogP contribution in [0, 0.1) is 12.3 Å². The van der Waals surface area contributed by atoms with Crippen molar-refractivity contribution in [3.63, 3.8) is 0 Å². The summed E-state index contributed by atoms with van der Waals surface area (Å²) in [5.74, 6) is 0.546. The number of aryl methyl sites for hydroxylation is 3. The van der Waals surface area contributed by atoms with Crippen molar-refractivity contribution in [3.05, 3.63) is 107 Å². The zero-order chi connectivity index (χ0) is 31.3. The molecular weight excluding hydrogens is 550 g/mol. The number of benzene rings is 2. The minimum absolute atomic E-state index is 0.0943. The molecule has 2 aromatic heterocycles. The minimum Gasteiger partial charge on any atom is -0.485 e. The number of carbonyl (C=O) groups excluding carboxylic acids is 1. The van der Waals surface area contributed by atoms with Gasteiger partial charge in [0.05, 0.1) is 16.8 Å². The molecule has 1 unspecified atom stereocenters. The molecule has 0 saturated carbocycles. The lowest BCUT2D eigenvalue weighted by atomic mass is 9.72. The van der Waals surface area contributed by atoms with Crippen molar-refractivity contribution in [2.45, 2.75) is 92.1 Å². The molecule has 1 atom stereocenters. The molecule has 2 aromatic carbocycles. The van der Waals surface area contributed by atoms with Crippen LogP contribution >= 0.6 is 0 Å². The second kappa shape index (κ2) is 13.3. The van der Waals surface area contributed by atoms with E-state index in [1.54, 1.807) is 0 Å². The molecule has 0 spiro atoms. The summed E-state index contributed by atoms with van der Waals surface area (Å²) >= 11 is 0. The highest BCUT2D eigenvalue weighted by atomic mass is 16.5. The maximum absolute atomic E-state index is 13.7. The van der Waals surface area contributed by atoms with Gasteiger partial charge in [-0.15, -0.1) is 5.10 Å². The molecule has 8 heteroatoms. The van der Waals surface area contributed by atoms with Gasteiger partial charge >= 0.3 is 5.97 Å². The first-order chi connectivity index (χ1) is 21.0. The van der Waals surface area contributed by atoms with Crippen molar-refractivity contribution in [2.24, 2.45) is 5.41 Å². The maximum atomic E-state index is 13.7. The highest BCUT2D eigenvalue weighted by Gasteiger charge is 2.39. The molecule has 0 N–H and O–H groups in total. The molecule has 0 fully saturated rings. The van der Waals surface area contributed by atoms with Crippen molar-refractivity contribution < 1.29 is 14.3 Å². The minimum atomic E-state index is -0.774. The lowest BCUT2D eigenvalue weighted by Crippen LogP contribution is -2.40. The van der Waals surface area contributed by atoms with Crippen molar-refractivity contribution in [1.82, 2.24) is 24.9 Å². The number of rotatable bonds is 11. The topological polar surface area (TPSA) is 82.4 Å². The Hall–Kier alpha value is -4.04. The number of nitrogens with zero attached hydrogens (tertiary/aromatic N) is 5. The first-order valence-corrected chi connectivity index (χ1v) is 15.6. The van der Waals surface area contributed by atoms with E-state index in [0.29, 0.717) is 13.0 Å². The van der Waals surface area contributed by atoms with E-state index in [2.05, 4.69) is 59.2 Å². The molecule has 1 aliphatic rings. The number of ether oxygens (including phenoxy) is 2. The summed E-state index contributed by atoms with van der Waals surface area (Å²) < 4.78 is 14.1. The first kappa shape index (κ1) is 31.4. The van der Waals surface area contributed by atoms with Crippen LogP contribution in [0.25, 0.3) is 0 Å². The fourth-order valence-corrected chi connectivity index (χ4v) is 6.10. The number of esters is 1. The van der Waals surface area contributed by atoms with Gasteiger partial charge < -0.3 is 9.47 Å². The molecule has 232 valence electrons. The van der Waals surface area contributed by atoms with Gasteiger partial charge in [0.2, 0.25) is 0 Å². The van der Waals surface area contributed by atoms with Crippen LogP contribution in [0.15, 0.2) is 73.1 Å². The number of hydrogen-bond acceptors (Lipinski definition) is 7. The Balaban J connectivity index is 1.42. The number of aromatic nitrogens is 4. The van der Waals surface area contributed by atoms with Crippen LogP contribution in [0.1, 0.15) is 80.6 Å². The van der Waals surface area contributed by atoms with E-state index >= 15 is 0 Å². The van der Waals surface area contributed by atoms with Gasteiger partial charge in [0.15, 0.2) is 0 Å². The van der Waals surface area contributed by atoms with Crippen molar-refractivity contribution in [1.29, 1.82) is 0 Å². The predicted octanol–water partition coefficient (Wildman–Crippen LogP) is 6.66. The Kier molecular flexibility index (Phi) is 9.49. The summed E-state index contributed by atoms with van der Waals surface area (Å²) in [6.45, 7) is 15.7. The number of fused-ring (bicyclic) bond motifs is 1. The summed E-state index contributed by atoms with van der Waals surface area (Å²) in [4.78, 5) is 20.8. The van der Waals surface area contributed by atoms with Crippen LogP contribution in [-0.2, 0) is 42.2 Å². The molecule has 0 amide bonds. The van der Waals surface area contributed by atoms with Crippen LogP contribution in [0.4, 0.5) is 0 Å². The molecule has 44 heavy (non-hydrogen) atoms. The van der Waals surface area contributed by atoms with Crippen LogP contribution in [-0.4, -0.2) is 43.0 Å². The molecule has 1 aliphatic heterocycles. The van der Waals surface area contributed by atoms with Gasteiger partial charge in [0.1, 0.15) is 18.0 Å². The second-order valence-corrected chi connectivity index (χ2v) is 13.1. The first-order valence-electron chi connectivity index (χ1n) is 15.6. The fourth-order valence-electron chi connectivity index (χ4n) is 6.10.